The van der Waals surface area contributed by atoms with E-state index in [-0.39, 0.29) is 17.9 Å². The summed E-state index contributed by atoms with van der Waals surface area (Å²) < 4.78 is 22.7. The largest absolute Gasteiger partial charge is 0.480 e. The maximum atomic E-state index is 11.4. The average Bonchev–Trinajstić information content (AvgIpc) is 2.26. The number of carboxylic acid groups (broad SMARTS) is 1. The second-order valence-electron chi connectivity index (χ2n) is 3.73. The molecule has 0 spiro atoms. The smallest absolute Gasteiger partial charge is 0.326 e. The van der Waals surface area contributed by atoms with Crippen molar-refractivity contribution in [3.05, 3.63) is 0 Å². The topological polar surface area (TPSA) is 101 Å². The summed E-state index contributed by atoms with van der Waals surface area (Å²) in [6, 6.07) is -0.901. The summed E-state index contributed by atoms with van der Waals surface area (Å²) in [5.74, 6) is 0.179. The lowest BCUT2D eigenvalue weighted by Crippen LogP contribution is -2.36. The molecule has 0 saturated carbocycles. The van der Waals surface area contributed by atoms with E-state index in [1.807, 2.05) is 6.92 Å². The number of carbonyl (C=O) groups is 2. The summed E-state index contributed by atoms with van der Waals surface area (Å²) in [4.78, 5) is 20.8. The normalized spacial score (nSPS) is 12.9. The van der Waals surface area contributed by atoms with Gasteiger partial charge in [-0.3, -0.25) is 4.79 Å². The highest BCUT2D eigenvalue weighted by Gasteiger charge is 2.15. The fraction of sp³-hybridized carbons (Fsp3) is 0.800. The molecule has 0 bridgehead atoms. The number of carbonyl (C=O) groups excluding carboxylic acids is 1. The highest BCUT2D eigenvalue weighted by Crippen LogP contribution is 2.07. The summed E-state index contributed by atoms with van der Waals surface area (Å²) >= 11 is 1.38. The Labute approximate surface area is 111 Å². The SMILES string of the molecule is CCCS(=O)(=O)CCSCCC(NC=O)C(=O)O. The van der Waals surface area contributed by atoms with Gasteiger partial charge in [0.2, 0.25) is 6.41 Å². The van der Waals surface area contributed by atoms with Gasteiger partial charge in [-0.15, -0.1) is 0 Å². The first-order chi connectivity index (χ1) is 8.43. The predicted octanol–water partition coefficient (Wildman–Crippen LogP) is 0.134. The monoisotopic (exact) mass is 297 g/mol. The number of rotatable bonds is 11. The number of thioether (sulfide) groups is 1. The summed E-state index contributed by atoms with van der Waals surface area (Å²) in [6.07, 6.45) is 1.25. The zero-order chi connectivity index (χ0) is 14.0. The molecular weight excluding hydrogens is 278 g/mol. The van der Waals surface area contributed by atoms with Crippen LogP contribution in [0, 0.1) is 0 Å². The molecule has 0 aliphatic rings. The third-order valence-electron chi connectivity index (χ3n) is 2.17. The molecule has 1 atom stereocenters. The van der Waals surface area contributed by atoms with Crippen LogP contribution in [0.15, 0.2) is 0 Å². The quantitative estimate of drug-likeness (QED) is 0.415. The summed E-state index contributed by atoms with van der Waals surface area (Å²) in [7, 11) is -2.97. The van der Waals surface area contributed by atoms with E-state index in [2.05, 4.69) is 5.32 Å². The summed E-state index contributed by atoms with van der Waals surface area (Å²) in [5.41, 5.74) is 0. The number of aliphatic carboxylic acids is 1. The van der Waals surface area contributed by atoms with Crippen LogP contribution in [-0.4, -0.2) is 55.0 Å². The zero-order valence-corrected chi connectivity index (χ0v) is 11.9. The van der Waals surface area contributed by atoms with E-state index in [1.54, 1.807) is 0 Å². The maximum Gasteiger partial charge on any atom is 0.326 e. The van der Waals surface area contributed by atoms with Crippen molar-refractivity contribution in [2.24, 2.45) is 0 Å². The molecule has 1 amide bonds. The van der Waals surface area contributed by atoms with E-state index in [1.165, 1.54) is 11.8 Å². The van der Waals surface area contributed by atoms with Crippen LogP contribution in [-0.2, 0) is 19.4 Å². The Morgan fingerprint density at radius 2 is 2.06 bits per heavy atom. The molecule has 0 saturated heterocycles. The number of hydrogen-bond acceptors (Lipinski definition) is 5. The fourth-order valence-corrected chi connectivity index (χ4v) is 4.18. The third kappa shape index (κ3) is 8.35. The molecule has 0 aromatic carbocycles. The number of amides is 1. The Bertz CT molecular complexity index is 355. The molecule has 106 valence electrons. The molecule has 0 aromatic rings. The minimum Gasteiger partial charge on any atom is -0.480 e. The molecule has 0 radical (unpaired) electrons. The molecule has 6 nitrogen and oxygen atoms in total. The molecule has 8 heteroatoms. The first kappa shape index (κ1) is 17.2. The third-order valence-corrected chi connectivity index (χ3v) is 5.30. The van der Waals surface area contributed by atoms with Gasteiger partial charge in [-0.1, -0.05) is 6.92 Å². The number of nitrogens with one attached hydrogen (secondary N) is 1. The lowest BCUT2D eigenvalue weighted by atomic mass is 10.2. The van der Waals surface area contributed by atoms with E-state index in [0.29, 0.717) is 24.3 Å². The van der Waals surface area contributed by atoms with Crippen molar-refractivity contribution in [3.63, 3.8) is 0 Å². The van der Waals surface area contributed by atoms with E-state index >= 15 is 0 Å². The molecular formula is C10H19NO5S2. The van der Waals surface area contributed by atoms with Crippen LogP contribution in [0.2, 0.25) is 0 Å². The Morgan fingerprint density at radius 1 is 1.39 bits per heavy atom. The van der Waals surface area contributed by atoms with Crippen LogP contribution in [0.4, 0.5) is 0 Å². The van der Waals surface area contributed by atoms with Gasteiger partial charge in [-0.2, -0.15) is 11.8 Å². The lowest BCUT2D eigenvalue weighted by Gasteiger charge is -2.10. The molecule has 0 aliphatic heterocycles. The van der Waals surface area contributed by atoms with Crippen LogP contribution in [0.1, 0.15) is 19.8 Å². The highest BCUT2D eigenvalue weighted by molar-refractivity contribution is 8.00. The van der Waals surface area contributed by atoms with Gasteiger partial charge in [-0.05, 0) is 18.6 Å². The van der Waals surface area contributed by atoms with Crippen LogP contribution in [0.25, 0.3) is 0 Å². The molecule has 1 unspecified atom stereocenters. The lowest BCUT2D eigenvalue weighted by molar-refractivity contribution is -0.140. The Hall–Kier alpha value is -0.760. The molecule has 18 heavy (non-hydrogen) atoms. The molecule has 0 aromatic heterocycles. The number of carboxylic acids is 1. The van der Waals surface area contributed by atoms with Crippen molar-refractivity contribution in [1.82, 2.24) is 5.32 Å². The molecule has 2 N–H and O–H groups in total. The summed E-state index contributed by atoms with van der Waals surface area (Å²) in [6.45, 7) is 1.81. The van der Waals surface area contributed by atoms with Crippen molar-refractivity contribution >= 4 is 34.0 Å². The van der Waals surface area contributed by atoms with Crippen LogP contribution >= 0.6 is 11.8 Å². The van der Waals surface area contributed by atoms with E-state index in [4.69, 9.17) is 5.11 Å². The van der Waals surface area contributed by atoms with Crippen molar-refractivity contribution in [2.75, 3.05) is 23.0 Å². The zero-order valence-electron chi connectivity index (χ0n) is 10.3. The maximum absolute atomic E-state index is 11.4. The first-order valence-electron chi connectivity index (χ1n) is 5.63. The van der Waals surface area contributed by atoms with E-state index in [0.717, 1.165) is 0 Å². The van der Waals surface area contributed by atoms with Gasteiger partial charge in [-0.25, -0.2) is 13.2 Å². The minimum atomic E-state index is -2.97. The number of sulfone groups is 1. The van der Waals surface area contributed by atoms with Gasteiger partial charge in [0.1, 0.15) is 6.04 Å². The predicted molar refractivity (Wildman–Crippen MR) is 71.5 cm³/mol. The molecule has 0 heterocycles. The highest BCUT2D eigenvalue weighted by atomic mass is 32.2. The Balaban J connectivity index is 3.79. The van der Waals surface area contributed by atoms with Gasteiger partial charge >= 0.3 is 5.97 Å². The Morgan fingerprint density at radius 3 is 2.56 bits per heavy atom. The van der Waals surface area contributed by atoms with Crippen LogP contribution in [0.5, 0.6) is 0 Å². The van der Waals surface area contributed by atoms with Gasteiger partial charge in [0, 0.05) is 11.5 Å². The van der Waals surface area contributed by atoms with Gasteiger partial charge < -0.3 is 10.4 Å². The second kappa shape index (κ2) is 9.21. The minimum absolute atomic E-state index is 0.115. The first-order valence-corrected chi connectivity index (χ1v) is 8.61. The van der Waals surface area contributed by atoms with Gasteiger partial charge in [0.05, 0.1) is 5.75 Å². The van der Waals surface area contributed by atoms with E-state index in [9.17, 15) is 18.0 Å². The summed E-state index contributed by atoms with van der Waals surface area (Å²) in [5, 5.41) is 10.9. The molecule has 0 fully saturated rings. The van der Waals surface area contributed by atoms with Gasteiger partial charge in [0.15, 0.2) is 9.84 Å². The van der Waals surface area contributed by atoms with Gasteiger partial charge in [0.25, 0.3) is 0 Å². The average molecular weight is 297 g/mol. The molecule has 0 rings (SSSR count). The van der Waals surface area contributed by atoms with Crippen molar-refractivity contribution < 1.29 is 23.1 Å². The van der Waals surface area contributed by atoms with Crippen molar-refractivity contribution in [3.8, 4) is 0 Å². The van der Waals surface area contributed by atoms with Crippen LogP contribution < -0.4 is 5.32 Å². The second-order valence-corrected chi connectivity index (χ2v) is 7.26. The van der Waals surface area contributed by atoms with Crippen molar-refractivity contribution in [2.45, 2.75) is 25.8 Å². The number of hydrogen-bond donors (Lipinski definition) is 2. The Kier molecular flexibility index (Phi) is 8.82. The fourth-order valence-electron chi connectivity index (χ4n) is 1.26. The van der Waals surface area contributed by atoms with Crippen molar-refractivity contribution in [1.29, 1.82) is 0 Å². The van der Waals surface area contributed by atoms with E-state index < -0.39 is 21.8 Å². The molecule has 0 aliphatic carbocycles. The van der Waals surface area contributed by atoms with Crippen LogP contribution in [0.3, 0.4) is 0 Å². The standard InChI is InChI=1S/C10H19NO5S2/c1-2-6-18(15,16)7-5-17-4-3-9(10(13)14)11-8-12/h8-9H,2-7H2,1H3,(H,11,12)(H,13,14).